The van der Waals surface area contributed by atoms with E-state index >= 15 is 0 Å². The monoisotopic (exact) mass is 342 g/mol. The van der Waals surface area contributed by atoms with Gasteiger partial charge in [0.25, 0.3) is 0 Å². The minimum atomic E-state index is -1.68. The molecule has 3 aromatic carbocycles. The standard InChI is InChI=1S/C13H9.C9H7.CH2.Ti/c1-3-7-12-10(5-1)9-11-6-2-4-8-13(11)12;1-2-5-9-7-3-6-8(9)4-1;;/h1-5,7-8H,9H2;1-7H;1H2;. The van der Waals surface area contributed by atoms with E-state index in [-0.39, 0.29) is 0 Å². The Balaban J connectivity index is 1.61. The second kappa shape index (κ2) is 5.51. The van der Waals surface area contributed by atoms with Crippen molar-refractivity contribution in [3.63, 3.8) is 0 Å². The van der Waals surface area contributed by atoms with Gasteiger partial charge in [0, 0.05) is 0 Å². The van der Waals surface area contributed by atoms with Gasteiger partial charge in [-0.15, -0.1) is 0 Å². The van der Waals surface area contributed by atoms with Crippen LogP contribution in [-0.2, 0) is 23.8 Å². The van der Waals surface area contributed by atoms with Crippen molar-refractivity contribution in [3.8, 4) is 11.1 Å². The summed E-state index contributed by atoms with van der Waals surface area (Å²) in [5.74, 6) is 0. The molecule has 0 aliphatic heterocycles. The summed E-state index contributed by atoms with van der Waals surface area (Å²) in [7, 11) is 0. The van der Waals surface area contributed by atoms with Gasteiger partial charge in [0.15, 0.2) is 0 Å². The van der Waals surface area contributed by atoms with Crippen LogP contribution in [0.4, 0.5) is 0 Å². The summed E-state index contributed by atoms with van der Waals surface area (Å²) in [6.07, 6.45) is 5.76. The SMILES string of the molecule is [CH2]=[Ti]([c]1cccc2c1Cc1ccccc1-2)[CH]1C=Cc2ccccc21. The van der Waals surface area contributed by atoms with Crippen LogP contribution in [0.2, 0.25) is 0 Å². The molecule has 0 N–H and O–H groups in total. The molecule has 0 fully saturated rings. The Hall–Kier alpha value is -2.02. The van der Waals surface area contributed by atoms with Gasteiger partial charge in [0.05, 0.1) is 0 Å². The van der Waals surface area contributed by atoms with Gasteiger partial charge in [0.1, 0.15) is 0 Å². The van der Waals surface area contributed by atoms with E-state index in [0.717, 1.165) is 6.42 Å². The Morgan fingerprint density at radius 3 is 2.58 bits per heavy atom. The molecule has 24 heavy (non-hydrogen) atoms. The number of hydrogen-bond acceptors (Lipinski definition) is 0. The number of benzene rings is 3. The number of hydrogen-bond donors (Lipinski definition) is 0. The molecule has 0 spiro atoms. The van der Waals surface area contributed by atoms with Gasteiger partial charge in [-0.25, -0.2) is 0 Å². The van der Waals surface area contributed by atoms with Gasteiger partial charge in [0.2, 0.25) is 0 Å². The Labute approximate surface area is 148 Å². The molecule has 114 valence electrons. The Kier molecular flexibility index (Phi) is 3.29. The fourth-order valence-electron chi connectivity index (χ4n) is 4.18. The van der Waals surface area contributed by atoms with Crippen LogP contribution in [0.25, 0.3) is 17.2 Å². The molecule has 0 heterocycles. The molecule has 0 aromatic heterocycles. The van der Waals surface area contributed by atoms with Gasteiger partial charge < -0.3 is 0 Å². The second-order valence-corrected chi connectivity index (χ2v) is 10.1. The zero-order chi connectivity index (χ0) is 16.1. The zero-order valence-corrected chi connectivity index (χ0v) is 15.1. The van der Waals surface area contributed by atoms with Crippen LogP contribution < -0.4 is 3.87 Å². The summed E-state index contributed by atoms with van der Waals surface area (Å²) in [5.41, 5.74) is 8.73. The maximum absolute atomic E-state index is 4.74. The van der Waals surface area contributed by atoms with Crippen LogP contribution in [-0.4, -0.2) is 4.82 Å². The fraction of sp³-hybridized carbons (Fsp3) is 0.0870. The third-order valence-corrected chi connectivity index (χ3v) is 9.14. The molecule has 0 saturated heterocycles. The van der Waals surface area contributed by atoms with Crippen LogP contribution in [0.1, 0.15) is 26.5 Å². The quantitative estimate of drug-likeness (QED) is 0.463. The van der Waals surface area contributed by atoms with Crippen molar-refractivity contribution in [1.82, 2.24) is 0 Å². The van der Waals surface area contributed by atoms with E-state index in [1.807, 2.05) is 0 Å². The summed E-state index contributed by atoms with van der Waals surface area (Å²) in [6, 6.07) is 24.5. The van der Waals surface area contributed by atoms with Crippen molar-refractivity contribution >= 4 is 14.8 Å². The van der Waals surface area contributed by atoms with E-state index in [0.29, 0.717) is 4.22 Å². The van der Waals surface area contributed by atoms with Crippen molar-refractivity contribution in [1.29, 1.82) is 0 Å². The van der Waals surface area contributed by atoms with Crippen molar-refractivity contribution < 1.29 is 17.4 Å². The van der Waals surface area contributed by atoms with Crippen molar-refractivity contribution in [2.24, 2.45) is 0 Å². The summed E-state index contributed by atoms with van der Waals surface area (Å²) in [4.78, 5) is 4.74. The normalized spacial score (nSPS) is 16.6. The third-order valence-electron chi connectivity index (χ3n) is 5.37. The van der Waals surface area contributed by atoms with E-state index in [4.69, 9.17) is 4.82 Å². The molecular formula is C23H18Ti. The molecule has 2 aliphatic rings. The number of rotatable bonds is 2. The molecule has 0 amide bonds. The van der Waals surface area contributed by atoms with E-state index < -0.39 is 17.4 Å². The molecule has 1 atom stereocenters. The number of allylic oxidation sites excluding steroid dienone is 1. The predicted molar refractivity (Wildman–Crippen MR) is 99.7 cm³/mol. The van der Waals surface area contributed by atoms with Crippen LogP contribution in [0.3, 0.4) is 0 Å². The second-order valence-electron chi connectivity index (χ2n) is 6.66. The average molecular weight is 342 g/mol. The molecule has 1 unspecified atom stereocenters. The zero-order valence-electron chi connectivity index (χ0n) is 13.5. The van der Waals surface area contributed by atoms with E-state index in [2.05, 4.69) is 78.9 Å². The summed E-state index contributed by atoms with van der Waals surface area (Å²) in [5, 5.41) is 0. The van der Waals surface area contributed by atoms with E-state index in [1.54, 1.807) is 9.43 Å². The average Bonchev–Trinajstić information content (AvgIpc) is 3.22. The van der Waals surface area contributed by atoms with E-state index in [1.165, 1.54) is 27.8 Å². The van der Waals surface area contributed by atoms with Gasteiger partial charge in [-0.2, -0.15) is 0 Å². The van der Waals surface area contributed by atoms with Gasteiger partial charge in [-0.3, -0.25) is 0 Å². The summed E-state index contributed by atoms with van der Waals surface area (Å²) < 4.78 is 2.10. The topological polar surface area (TPSA) is 0 Å². The van der Waals surface area contributed by atoms with E-state index in [9.17, 15) is 0 Å². The first kappa shape index (κ1) is 14.3. The molecule has 1 heteroatoms. The minimum absolute atomic E-state index is 0.538. The first-order valence-electron chi connectivity index (χ1n) is 8.49. The molecule has 0 nitrogen and oxygen atoms in total. The Bertz CT molecular complexity index is 1010. The third kappa shape index (κ3) is 2.07. The molecule has 3 aromatic rings. The number of fused-ring (bicyclic) bond motifs is 4. The van der Waals surface area contributed by atoms with Crippen molar-refractivity contribution in [3.05, 3.63) is 95.1 Å². The summed E-state index contributed by atoms with van der Waals surface area (Å²) >= 11 is -1.68. The van der Waals surface area contributed by atoms with Crippen molar-refractivity contribution in [2.45, 2.75) is 10.6 Å². The molecular weight excluding hydrogens is 324 g/mol. The molecule has 5 rings (SSSR count). The van der Waals surface area contributed by atoms with Crippen LogP contribution in [0.5, 0.6) is 0 Å². The van der Waals surface area contributed by atoms with Gasteiger partial charge in [-0.1, -0.05) is 0 Å². The molecule has 2 aliphatic carbocycles. The van der Waals surface area contributed by atoms with Crippen molar-refractivity contribution in [2.75, 3.05) is 0 Å². The fourth-order valence-corrected chi connectivity index (χ4v) is 7.65. The molecule has 0 bridgehead atoms. The van der Waals surface area contributed by atoms with Gasteiger partial charge >= 0.3 is 149 Å². The maximum atomic E-state index is 4.74. The predicted octanol–water partition coefficient (Wildman–Crippen LogP) is 4.70. The molecule has 0 radical (unpaired) electrons. The first-order chi connectivity index (χ1) is 11.8. The van der Waals surface area contributed by atoms with Crippen LogP contribution in [0.15, 0.2) is 72.8 Å². The molecule has 0 saturated carbocycles. The van der Waals surface area contributed by atoms with Crippen LogP contribution in [0, 0.1) is 0 Å². The van der Waals surface area contributed by atoms with Gasteiger partial charge in [-0.05, 0) is 0 Å². The first-order valence-corrected chi connectivity index (χ1v) is 11.3. The summed E-state index contributed by atoms with van der Waals surface area (Å²) in [6.45, 7) is 0. The van der Waals surface area contributed by atoms with Crippen LogP contribution >= 0.6 is 0 Å². The Morgan fingerprint density at radius 2 is 1.62 bits per heavy atom. The Morgan fingerprint density at radius 1 is 0.833 bits per heavy atom.